The van der Waals surface area contributed by atoms with Crippen molar-refractivity contribution in [2.45, 2.75) is 84.1 Å². The lowest BCUT2D eigenvalue weighted by atomic mass is 9.61. The summed E-state index contributed by atoms with van der Waals surface area (Å²) in [6, 6.07) is 0.0409. The monoisotopic (exact) mass is 338 g/mol. The number of carbonyl (C=O) groups excluding carboxylic acids is 1. The first-order chi connectivity index (χ1) is 11.5. The minimum absolute atomic E-state index is 0.0409. The van der Waals surface area contributed by atoms with Crippen LogP contribution in [0.5, 0.6) is 0 Å². The molecule has 4 nitrogen and oxygen atoms in total. The zero-order valence-corrected chi connectivity index (χ0v) is 16.0. The van der Waals surface area contributed by atoms with Crippen molar-refractivity contribution in [3.63, 3.8) is 0 Å². The molecule has 0 aromatic carbocycles. The van der Waals surface area contributed by atoms with Crippen molar-refractivity contribution in [1.82, 2.24) is 10.6 Å². The maximum absolute atomic E-state index is 12.3. The second-order valence-electron chi connectivity index (χ2n) is 8.49. The van der Waals surface area contributed by atoms with Gasteiger partial charge in [0.1, 0.15) is 0 Å². The summed E-state index contributed by atoms with van der Waals surface area (Å²) < 4.78 is 5.48. The first-order valence-corrected chi connectivity index (χ1v) is 10.2. The van der Waals surface area contributed by atoms with Crippen LogP contribution in [0.25, 0.3) is 0 Å². The summed E-state index contributed by atoms with van der Waals surface area (Å²) in [5.74, 6) is 2.28. The van der Waals surface area contributed by atoms with E-state index < -0.39 is 0 Å². The number of unbranched alkanes of at least 4 members (excludes halogenated alkanes) is 2. The molecule has 2 fully saturated rings. The Morgan fingerprint density at radius 1 is 1.04 bits per heavy atom. The average molecular weight is 339 g/mol. The van der Waals surface area contributed by atoms with Gasteiger partial charge in [-0.1, -0.05) is 20.8 Å². The summed E-state index contributed by atoms with van der Waals surface area (Å²) in [6.07, 6.45) is 10.5. The normalized spacial score (nSPS) is 32.4. The number of hydrogen-bond donors (Lipinski definition) is 2. The second kappa shape index (κ2) is 9.65. The van der Waals surface area contributed by atoms with Crippen LogP contribution >= 0.6 is 0 Å². The van der Waals surface area contributed by atoms with E-state index in [0.717, 1.165) is 76.0 Å². The molecule has 2 saturated carbocycles. The number of urea groups is 1. The van der Waals surface area contributed by atoms with Crippen LogP contribution in [-0.4, -0.2) is 31.3 Å². The lowest BCUT2D eigenvalue weighted by molar-refractivity contribution is 0.0625. The number of nitrogens with one attached hydrogen (secondary N) is 2. The topological polar surface area (TPSA) is 50.4 Å². The van der Waals surface area contributed by atoms with Crippen LogP contribution < -0.4 is 10.6 Å². The van der Waals surface area contributed by atoms with E-state index in [1.165, 1.54) is 19.3 Å². The zero-order chi connectivity index (χ0) is 17.4. The van der Waals surface area contributed by atoms with Crippen LogP contribution in [0.1, 0.15) is 78.6 Å². The van der Waals surface area contributed by atoms with Crippen molar-refractivity contribution in [1.29, 1.82) is 0 Å². The van der Waals surface area contributed by atoms with Crippen molar-refractivity contribution in [3.05, 3.63) is 0 Å². The Bertz CT molecular complexity index is 366. The lowest BCUT2D eigenvalue weighted by Crippen LogP contribution is -2.58. The van der Waals surface area contributed by atoms with E-state index in [4.69, 9.17) is 4.74 Å². The lowest BCUT2D eigenvalue weighted by Gasteiger charge is -2.50. The molecule has 140 valence electrons. The number of ether oxygens (including phenoxy) is 1. The molecule has 4 heteroatoms. The molecule has 0 aromatic heterocycles. The van der Waals surface area contributed by atoms with Gasteiger partial charge in [0, 0.05) is 25.3 Å². The molecule has 2 rings (SSSR count). The van der Waals surface area contributed by atoms with Gasteiger partial charge in [-0.05, 0) is 75.5 Å². The molecule has 2 unspecified atom stereocenters. The fraction of sp³-hybridized carbons (Fsp3) is 0.950. The van der Waals surface area contributed by atoms with Crippen molar-refractivity contribution in [2.75, 3.05) is 19.8 Å². The molecule has 2 bridgehead atoms. The molecule has 2 amide bonds. The molecule has 2 aliphatic carbocycles. The molecule has 0 radical (unpaired) electrons. The predicted molar refractivity (Wildman–Crippen MR) is 99.1 cm³/mol. The molecule has 0 spiro atoms. The van der Waals surface area contributed by atoms with Crippen LogP contribution in [0, 0.1) is 17.8 Å². The highest BCUT2D eigenvalue weighted by atomic mass is 16.5. The summed E-state index contributed by atoms with van der Waals surface area (Å²) in [5, 5.41) is 6.44. The maximum Gasteiger partial charge on any atom is 0.315 e. The number of rotatable bonds is 9. The Morgan fingerprint density at radius 2 is 1.75 bits per heavy atom. The van der Waals surface area contributed by atoms with E-state index in [1.807, 2.05) is 0 Å². The molecule has 2 aliphatic rings. The summed E-state index contributed by atoms with van der Waals surface area (Å²) in [6.45, 7) is 9.30. The Morgan fingerprint density at radius 3 is 2.42 bits per heavy atom. The van der Waals surface area contributed by atoms with Crippen molar-refractivity contribution < 1.29 is 9.53 Å². The SMILES string of the molecule is CCCOCCCCCNC(=O)NC12CC(C)CC(CC(C)C1)C2. The summed E-state index contributed by atoms with van der Waals surface area (Å²) in [5.41, 5.74) is 0.0536. The van der Waals surface area contributed by atoms with Crippen LogP contribution in [0.2, 0.25) is 0 Å². The minimum atomic E-state index is 0.0409. The fourth-order valence-corrected chi connectivity index (χ4v) is 5.10. The van der Waals surface area contributed by atoms with E-state index in [0.29, 0.717) is 0 Å². The summed E-state index contributed by atoms with van der Waals surface area (Å²) >= 11 is 0. The first-order valence-electron chi connectivity index (χ1n) is 10.2. The first kappa shape index (κ1) is 19.6. The van der Waals surface area contributed by atoms with Crippen molar-refractivity contribution >= 4 is 6.03 Å². The molecular weight excluding hydrogens is 300 g/mol. The van der Waals surface area contributed by atoms with Crippen LogP contribution in [0.4, 0.5) is 4.79 Å². The van der Waals surface area contributed by atoms with Gasteiger partial charge in [-0.2, -0.15) is 0 Å². The van der Waals surface area contributed by atoms with Gasteiger partial charge >= 0.3 is 6.03 Å². The quantitative estimate of drug-likeness (QED) is 0.609. The van der Waals surface area contributed by atoms with Gasteiger partial charge in [-0.15, -0.1) is 0 Å². The molecule has 0 saturated heterocycles. The molecule has 0 heterocycles. The second-order valence-corrected chi connectivity index (χ2v) is 8.49. The van der Waals surface area contributed by atoms with Crippen LogP contribution in [0.15, 0.2) is 0 Å². The van der Waals surface area contributed by atoms with Crippen LogP contribution in [-0.2, 0) is 4.74 Å². The van der Waals surface area contributed by atoms with Gasteiger partial charge in [0.15, 0.2) is 0 Å². The molecule has 0 aliphatic heterocycles. The van der Waals surface area contributed by atoms with E-state index in [1.54, 1.807) is 0 Å². The molecule has 2 atom stereocenters. The highest BCUT2D eigenvalue weighted by molar-refractivity contribution is 5.74. The fourth-order valence-electron chi connectivity index (χ4n) is 5.10. The van der Waals surface area contributed by atoms with Gasteiger partial charge in [0.25, 0.3) is 0 Å². The highest BCUT2D eigenvalue weighted by Gasteiger charge is 2.44. The maximum atomic E-state index is 12.3. The molecular formula is C20H38N2O2. The third kappa shape index (κ3) is 6.27. The van der Waals surface area contributed by atoms with E-state index in [2.05, 4.69) is 31.4 Å². The molecule has 24 heavy (non-hydrogen) atoms. The van der Waals surface area contributed by atoms with E-state index >= 15 is 0 Å². The molecule has 2 N–H and O–H groups in total. The number of amides is 2. The third-order valence-electron chi connectivity index (χ3n) is 5.61. The van der Waals surface area contributed by atoms with Gasteiger partial charge in [-0.25, -0.2) is 4.79 Å². The predicted octanol–water partition coefficient (Wildman–Crippen LogP) is 4.49. The van der Waals surface area contributed by atoms with Crippen molar-refractivity contribution in [3.8, 4) is 0 Å². The summed E-state index contributed by atoms with van der Waals surface area (Å²) in [4.78, 5) is 12.3. The van der Waals surface area contributed by atoms with Gasteiger partial charge in [-0.3, -0.25) is 0 Å². The number of hydrogen-bond acceptors (Lipinski definition) is 2. The Hall–Kier alpha value is -0.770. The van der Waals surface area contributed by atoms with E-state index in [9.17, 15) is 4.79 Å². The number of carbonyl (C=O) groups is 1. The zero-order valence-electron chi connectivity index (χ0n) is 16.0. The van der Waals surface area contributed by atoms with Crippen molar-refractivity contribution in [2.24, 2.45) is 17.8 Å². The third-order valence-corrected chi connectivity index (χ3v) is 5.61. The molecule has 0 aromatic rings. The minimum Gasteiger partial charge on any atom is -0.381 e. The Balaban J connectivity index is 1.64. The highest BCUT2D eigenvalue weighted by Crippen LogP contribution is 2.47. The smallest absolute Gasteiger partial charge is 0.315 e. The van der Waals surface area contributed by atoms with Gasteiger partial charge < -0.3 is 15.4 Å². The van der Waals surface area contributed by atoms with E-state index in [-0.39, 0.29) is 11.6 Å². The average Bonchev–Trinajstić information content (AvgIpc) is 2.47. The Labute approximate surface area is 148 Å². The van der Waals surface area contributed by atoms with Gasteiger partial charge in [0.05, 0.1) is 0 Å². The number of fused-ring (bicyclic) bond motifs is 2. The summed E-state index contributed by atoms with van der Waals surface area (Å²) in [7, 11) is 0. The Kier molecular flexibility index (Phi) is 7.86. The standard InChI is InChI=1S/C20H38N2O2/c1-4-9-24-10-7-5-6-8-21-19(23)22-20-13-16(2)11-18(15-20)12-17(3)14-20/h16-18H,4-15H2,1-3H3,(H2,21,22,23). The van der Waals surface area contributed by atoms with Crippen LogP contribution in [0.3, 0.4) is 0 Å². The largest absolute Gasteiger partial charge is 0.381 e. The van der Waals surface area contributed by atoms with Gasteiger partial charge in [0.2, 0.25) is 0 Å².